The van der Waals surface area contributed by atoms with E-state index in [1.165, 1.54) is 0 Å². The third kappa shape index (κ3) is 2.56. The van der Waals surface area contributed by atoms with Crippen molar-refractivity contribution in [3.63, 3.8) is 0 Å². The Morgan fingerprint density at radius 1 is 1.40 bits per heavy atom. The minimum absolute atomic E-state index is 0.740. The van der Waals surface area contributed by atoms with E-state index in [1.807, 2.05) is 38.4 Å². The first-order valence-corrected chi connectivity index (χ1v) is 4.89. The van der Waals surface area contributed by atoms with Crippen LogP contribution in [-0.2, 0) is 13.6 Å². The molecule has 0 aliphatic carbocycles. The van der Waals surface area contributed by atoms with E-state index in [4.69, 9.17) is 0 Å². The SMILES string of the molecule is Cc1cc(NCc2ccn(C)n2)ccn1. The van der Waals surface area contributed by atoms with Crippen LogP contribution < -0.4 is 5.32 Å². The average Bonchev–Trinajstić information content (AvgIpc) is 2.62. The van der Waals surface area contributed by atoms with Gasteiger partial charge in [-0.1, -0.05) is 0 Å². The molecule has 0 fully saturated rings. The molecule has 2 heterocycles. The van der Waals surface area contributed by atoms with Gasteiger partial charge in [0.1, 0.15) is 0 Å². The van der Waals surface area contributed by atoms with Gasteiger partial charge in [0.25, 0.3) is 0 Å². The highest BCUT2D eigenvalue weighted by Crippen LogP contribution is 2.08. The van der Waals surface area contributed by atoms with E-state index in [0.29, 0.717) is 0 Å². The molecule has 78 valence electrons. The summed E-state index contributed by atoms with van der Waals surface area (Å²) in [6.07, 6.45) is 3.74. The normalized spacial score (nSPS) is 10.3. The van der Waals surface area contributed by atoms with Crippen LogP contribution in [0.25, 0.3) is 0 Å². The monoisotopic (exact) mass is 202 g/mol. The molecule has 4 nitrogen and oxygen atoms in total. The van der Waals surface area contributed by atoms with Crippen LogP contribution >= 0.6 is 0 Å². The van der Waals surface area contributed by atoms with Crippen molar-refractivity contribution in [3.05, 3.63) is 42.0 Å². The van der Waals surface area contributed by atoms with Crippen LogP contribution in [0, 0.1) is 6.92 Å². The molecule has 0 unspecified atom stereocenters. The molecule has 2 aromatic rings. The quantitative estimate of drug-likeness (QED) is 0.824. The number of nitrogens with zero attached hydrogens (tertiary/aromatic N) is 3. The summed E-state index contributed by atoms with van der Waals surface area (Å²) in [7, 11) is 1.92. The molecule has 0 bridgehead atoms. The topological polar surface area (TPSA) is 42.7 Å². The maximum absolute atomic E-state index is 4.29. The second-order valence-corrected chi connectivity index (χ2v) is 3.52. The van der Waals surface area contributed by atoms with Gasteiger partial charge in [-0.25, -0.2) is 0 Å². The lowest BCUT2D eigenvalue weighted by molar-refractivity contribution is 0.747. The standard InChI is InChI=1S/C11H14N4/c1-9-7-10(3-5-12-9)13-8-11-4-6-15(2)14-11/h3-7H,8H2,1-2H3,(H,12,13). The van der Waals surface area contributed by atoms with E-state index in [1.54, 1.807) is 10.9 Å². The van der Waals surface area contributed by atoms with Gasteiger partial charge in [-0.05, 0) is 25.1 Å². The number of hydrogen-bond acceptors (Lipinski definition) is 3. The summed E-state index contributed by atoms with van der Waals surface area (Å²) in [5.41, 5.74) is 3.13. The van der Waals surface area contributed by atoms with Gasteiger partial charge in [0, 0.05) is 30.8 Å². The summed E-state index contributed by atoms with van der Waals surface area (Å²) < 4.78 is 1.80. The number of aromatic nitrogens is 3. The summed E-state index contributed by atoms with van der Waals surface area (Å²) in [5.74, 6) is 0. The first-order valence-electron chi connectivity index (χ1n) is 4.89. The molecule has 4 heteroatoms. The summed E-state index contributed by atoms with van der Waals surface area (Å²) in [5, 5.41) is 7.59. The van der Waals surface area contributed by atoms with Crippen molar-refractivity contribution in [3.8, 4) is 0 Å². The van der Waals surface area contributed by atoms with Gasteiger partial charge in [-0.3, -0.25) is 9.67 Å². The van der Waals surface area contributed by atoms with Crippen molar-refractivity contribution in [2.75, 3.05) is 5.32 Å². The maximum Gasteiger partial charge on any atom is 0.0815 e. The Morgan fingerprint density at radius 2 is 2.27 bits per heavy atom. The largest absolute Gasteiger partial charge is 0.379 e. The Balaban J connectivity index is 1.99. The highest BCUT2D eigenvalue weighted by atomic mass is 15.3. The fourth-order valence-electron chi connectivity index (χ4n) is 1.41. The minimum atomic E-state index is 0.740. The van der Waals surface area contributed by atoms with Crippen LogP contribution in [0.2, 0.25) is 0 Å². The molecule has 0 aliphatic rings. The van der Waals surface area contributed by atoms with Crippen LogP contribution in [0.4, 0.5) is 5.69 Å². The minimum Gasteiger partial charge on any atom is -0.379 e. The molecular formula is C11H14N4. The second kappa shape index (κ2) is 4.13. The number of hydrogen-bond donors (Lipinski definition) is 1. The Kier molecular flexibility index (Phi) is 2.67. The molecule has 2 rings (SSSR count). The smallest absolute Gasteiger partial charge is 0.0815 e. The Hall–Kier alpha value is -1.84. The lowest BCUT2D eigenvalue weighted by atomic mass is 10.3. The zero-order chi connectivity index (χ0) is 10.7. The van der Waals surface area contributed by atoms with Crippen molar-refractivity contribution in [2.24, 2.45) is 7.05 Å². The lowest BCUT2D eigenvalue weighted by Crippen LogP contribution is -2.01. The second-order valence-electron chi connectivity index (χ2n) is 3.52. The molecule has 0 aliphatic heterocycles. The summed E-state index contributed by atoms with van der Waals surface area (Å²) in [6, 6.07) is 5.97. The maximum atomic E-state index is 4.29. The van der Waals surface area contributed by atoms with E-state index >= 15 is 0 Å². The lowest BCUT2D eigenvalue weighted by Gasteiger charge is -2.04. The molecule has 0 radical (unpaired) electrons. The molecule has 0 spiro atoms. The van der Waals surface area contributed by atoms with Gasteiger partial charge in [-0.15, -0.1) is 0 Å². The summed E-state index contributed by atoms with van der Waals surface area (Å²) in [4.78, 5) is 4.14. The van der Waals surface area contributed by atoms with E-state index < -0.39 is 0 Å². The van der Waals surface area contributed by atoms with Crippen molar-refractivity contribution < 1.29 is 0 Å². The zero-order valence-corrected chi connectivity index (χ0v) is 8.94. The molecule has 15 heavy (non-hydrogen) atoms. The summed E-state index contributed by atoms with van der Waals surface area (Å²) in [6.45, 7) is 2.72. The Morgan fingerprint density at radius 3 is 2.93 bits per heavy atom. The number of aryl methyl sites for hydroxylation is 2. The van der Waals surface area contributed by atoms with Crippen LogP contribution in [0.5, 0.6) is 0 Å². The zero-order valence-electron chi connectivity index (χ0n) is 8.94. The third-order valence-corrected chi connectivity index (χ3v) is 2.14. The molecule has 0 atom stereocenters. The molecule has 0 amide bonds. The van der Waals surface area contributed by atoms with Gasteiger partial charge < -0.3 is 5.32 Å². The predicted octanol–water partition coefficient (Wildman–Crippen LogP) is 1.74. The Labute approximate surface area is 89.0 Å². The number of nitrogens with one attached hydrogen (secondary N) is 1. The highest BCUT2D eigenvalue weighted by Gasteiger charge is 1.97. The first-order chi connectivity index (χ1) is 7.24. The fraction of sp³-hybridized carbons (Fsp3) is 0.273. The van der Waals surface area contributed by atoms with Gasteiger partial charge in [0.15, 0.2) is 0 Å². The molecule has 0 saturated carbocycles. The molecule has 0 saturated heterocycles. The van der Waals surface area contributed by atoms with Crippen molar-refractivity contribution in [1.82, 2.24) is 14.8 Å². The molecule has 0 aromatic carbocycles. The number of anilines is 1. The van der Waals surface area contributed by atoms with Gasteiger partial charge in [0.2, 0.25) is 0 Å². The molecule has 2 aromatic heterocycles. The van der Waals surface area contributed by atoms with E-state index in [9.17, 15) is 0 Å². The molecular weight excluding hydrogens is 188 g/mol. The average molecular weight is 202 g/mol. The van der Waals surface area contributed by atoms with Crippen molar-refractivity contribution in [1.29, 1.82) is 0 Å². The summed E-state index contributed by atoms with van der Waals surface area (Å²) >= 11 is 0. The van der Waals surface area contributed by atoms with E-state index in [-0.39, 0.29) is 0 Å². The fourth-order valence-corrected chi connectivity index (χ4v) is 1.41. The first kappa shape index (κ1) is 9.71. The van der Waals surface area contributed by atoms with Crippen LogP contribution in [0.3, 0.4) is 0 Å². The van der Waals surface area contributed by atoms with E-state index in [2.05, 4.69) is 15.4 Å². The predicted molar refractivity (Wildman–Crippen MR) is 59.5 cm³/mol. The van der Waals surface area contributed by atoms with Crippen LogP contribution in [0.15, 0.2) is 30.6 Å². The van der Waals surface area contributed by atoms with Gasteiger partial charge in [0.05, 0.1) is 12.2 Å². The van der Waals surface area contributed by atoms with Crippen molar-refractivity contribution >= 4 is 5.69 Å². The number of rotatable bonds is 3. The van der Waals surface area contributed by atoms with Gasteiger partial charge >= 0.3 is 0 Å². The third-order valence-electron chi connectivity index (χ3n) is 2.14. The van der Waals surface area contributed by atoms with E-state index in [0.717, 1.165) is 23.6 Å². The highest BCUT2D eigenvalue weighted by molar-refractivity contribution is 5.43. The number of pyridine rings is 1. The molecule has 1 N–H and O–H groups in total. The van der Waals surface area contributed by atoms with Crippen LogP contribution in [-0.4, -0.2) is 14.8 Å². The van der Waals surface area contributed by atoms with Gasteiger partial charge in [-0.2, -0.15) is 5.10 Å². The Bertz CT molecular complexity index is 447. The van der Waals surface area contributed by atoms with Crippen molar-refractivity contribution in [2.45, 2.75) is 13.5 Å². The van der Waals surface area contributed by atoms with Crippen LogP contribution in [0.1, 0.15) is 11.4 Å².